The number of anilines is 2. The number of alkyl halides is 3. The molecule has 6 nitrogen and oxygen atoms in total. The van der Waals surface area contributed by atoms with Gasteiger partial charge in [0.1, 0.15) is 11.4 Å². The maximum absolute atomic E-state index is 14.7. The molecule has 3 rings (SSSR count). The standard InChI is InChI=1S/C22H18F4N4O2S/c1-4-28-18(31)15-8-7-14(10-17(15)23)30-20(33)29(19(32)21(30,2)3)13-6-5-12(11-27)16(9-13)22(24,25)26/h5-10H,4H2,1-3H3,(H,28,31). The molecule has 2 amide bonds. The van der Waals surface area contributed by atoms with Crippen LogP contribution in [0.3, 0.4) is 0 Å². The molecule has 0 unspecified atom stereocenters. The molecule has 0 aromatic heterocycles. The lowest BCUT2D eigenvalue weighted by molar-refractivity contribution is -0.137. The van der Waals surface area contributed by atoms with Gasteiger partial charge in [-0.3, -0.25) is 14.5 Å². The molecule has 2 aromatic rings. The number of amides is 2. The zero-order chi connectivity index (χ0) is 24.7. The number of nitrogens with zero attached hydrogens (tertiary/aromatic N) is 3. The van der Waals surface area contributed by atoms with E-state index in [1.54, 1.807) is 6.92 Å². The van der Waals surface area contributed by atoms with Crippen LogP contribution >= 0.6 is 12.2 Å². The summed E-state index contributed by atoms with van der Waals surface area (Å²) in [5.74, 6) is -2.10. The molecule has 1 saturated heterocycles. The highest BCUT2D eigenvalue weighted by atomic mass is 32.1. The minimum Gasteiger partial charge on any atom is -0.352 e. The third-order valence-electron chi connectivity index (χ3n) is 5.15. The number of carbonyl (C=O) groups is 2. The Morgan fingerprint density at radius 1 is 1.18 bits per heavy atom. The van der Waals surface area contributed by atoms with E-state index in [0.717, 1.165) is 17.0 Å². The van der Waals surface area contributed by atoms with Crippen LogP contribution < -0.4 is 15.1 Å². The van der Waals surface area contributed by atoms with Crippen molar-refractivity contribution in [2.75, 3.05) is 16.3 Å². The monoisotopic (exact) mass is 478 g/mol. The van der Waals surface area contributed by atoms with E-state index < -0.39 is 40.5 Å². The van der Waals surface area contributed by atoms with Crippen molar-refractivity contribution in [3.63, 3.8) is 0 Å². The SMILES string of the molecule is CCNC(=O)c1ccc(N2C(=S)N(c3ccc(C#N)c(C(F)(F)F)c3)C(=O)C2(C)C)cc1F. The van der Waals surface area contributed by atoms with Gasteiger partial charge in [-0.2, -0.15) is 18.4 Å². The van der Waals surface area contributed by atoms with Crippen LogP contribution in [0.15, 0.2) is 36.4 Å². The Hall–Kier alpha value is -3.52. The second-order valence-corrected chi connectivity index (χ2v) is 8.05. The number of nitriles is 1. The van der Waals surface area contributed by atoms with E-state index in [9.17, 15) is 27.2 Å². The molecule has 0 spiro atoms. The highest BCUT2D eigenvalue weighted by Gasteiger charge is 2.50. The minimum absolute atomic E-state index is 0.149. The predicted molar refractivity (Wildman–Crippen MR) is 117 cm³/mol. The average molecular weight is 478 g/mol. The predicted octanol–water partition coefficient (Wildman–Crippen LogP) is 4.38. The first-order valence-corrected chi connectivity index (χ1v) is 10.1. The first kappa shape index (κ1) is 24.1. The fourth-order valence-corrected chi connectivity index (χ4v) is 4.06. The smallest absolute Gasteiger partial charge is 0.352 e. The summed E-state index contributed by atoms with van der Waals surface area (Å²) in [6, 6.07) is 8.00. The molecule has 0 radical (unpaired) electrons. The van der Waals surface area contributed by atoms with Gasteiger partial charge < -0.3 is 10.2 Å². The van der Waals surface area contributed by atoms with E-state index in [1.807, 2.05) is 0 Å². The molecule has 0 atom stereocenters. The zero-order valence-corrected chi connectivity index (χ0v) is 18.6. The lowest BCUT2D eigenvalue weighted by atomic mass is 10.0. The molecule has 2 aromatic carbocycles. The average Bonchev–Trinajstić information content (AvgIpc) is 2.90. The van der Waals surface area contributed by atoms with Crippen molar-refractivity contribution in [1.29, 1.82) is 5.26 Å². The van der Waals surface area contributed by atoms with Crippen LogP contribution in [0.4, 0.5) is 28.9 Å². The molecule has 1 N–H and O–H groups in total. The number of carbonyl (C=O) groups excluding carboxylic acids is 2. The van der Waals surface area contributed by atoms with Gasteiger partial charge in [0.15, 0.2) is 5.11 Å². The maximum atomic E-state index is 14.7. The summed E-state index contributed by atoms with van der Waals surface area (Å²) in [6.07, 6.45) is -4.82. The van der Waals surface area contributed by atoms with Crippen LogP contribution in [0.2, 0.25) is 0 Å². The normalized spacial score (nSPS) is 15.6. The molecular formula is C22H18F4N4O2S. The van der Waals surface area contributed by atoms with Gasteiger partial charge >= 0.3 is 6.18 Å². The van der Waals surface area contributed by atoms with Gasteiger partial charge in [0.05, 0.1) is 28.4 Å². The second-order valence-electron chi connectivity index (χ2n) is 7.68. The van der Waals surface area contributed by atoms with Gasteiger partial charge in [-0.05, 0) is 69.4 Å². The minimum atomic E-state index is -4.82. The van der Waals surface area contributed by atoms with Crippen molar-refractivity contribution >= 4 is 40.5 Å². The Labute approximate surface area is 192 Å². The van der Waals surface area contributed by atoms with E-state index in [4.69, 9.17) is 17.5 Å². The Balaban J connectivity index is 2.07. The number of rotatable bonds is 4. The van der Waals surface area contributed by atoms with Gasteiger partial charge in [-0.1, -0.05) is 0 Å². The Bertz CT molecular complexity index is 1200. The summed E-state index contributed by atoms with van der Waals surface area (Å²) < 4.78 is 54.9. The summed E-state index contributed by atoms with van der Waals surface area (Å²) in [6.45, 7) is 4.97. The number of halogens is 4. The van der Waals surface area contributed by atoms with Crippen molar-refractivity contribution in [3.8, 4) is 6.07 Å². The summed E-state index contributed by atoms with van der Waals surface area (Å²) in [4.78, 5) is 27.4. The van der Waals surface area contributed by atoms with Crippen LogP contribution in [0.1, 0.15) is 42.3 Å². The van der Waals surface area contributed by atoms with Crippen molar-refractivity contribution < 1.29 is 27.2 Å². The van der Waals surface area contributed by atoms with Crippen LogP contribution in [0, 0.1) is 17.1 Å². The van der Waals surface area contributed by atoms with Crippen LogP contribution in [-0.2, 0) is 11.0 Å². The van der Waals surface area contributed by atoms with E-state index in [-0.39, 0.29) is 22.1 Å². The number of hydrogen-bond donors (Lipinski definition) is 1. The molecule has 0 bridgehead atoms. The first-order valence-electron chi connectivity index (χ1n) is 9.72. The summed E-state index contributed by atoms with van der Waals surface area (Å²) in [5.41, 5.74) is -3.39. The summed E-state index contributed by atoms with van der Waals surface area (Å²) in [7, 11) is 0. The third-order valence-corrected chi connectivity index (χ3v) is 5.51. The van der Waals surface area contributed by atoms with E-state index in [2.05, 4.69) is 5.32 Å². The van der Waals surface area contributed by atoms with Crippen molar-refractivity contribution in [2.24, 2.45) is 0 Å². The number of thiocarbonyl (C=S) groups is 1. The Morgan fingerprint density at radius 2 is 1.82 bits per heavy atom. The number of nitrogens with one attached hydrogen (secondary N) is 1. The lowest BCUT2D eigenvalue weighted by Crippen LogP contribution is -2.44. The largest absolute Gasteiger partial charge is 0.417 e. The quantitative estimate of drug-likeness (QED) is 0.521. The molecule has 11 heteroatoms. The molecule has 0 saturated carbocycles. The molecular weight excluding hydrogens is 460 g/mol. The van der Waals surface area contributed by atoms with E-state index >= 15 is 0 Å². The van der Waals surface area contributed by atoms with E-state index in [1.165, 1.54) is 43.0 Å². The van der Waals surface area contributed by atoms with Gasteiger partial charge in [0.25, 0.3) is 11.8 Å². The number of hydrogen-bond acceptors (Lipinski definition) is 4. The maximum Gasteiger partial charge on any atom is 0.417 e. The highest BCUT2D eigenvalue weighted by molar-refractivity contribution is 7.81. The Kier molecular flexibility index (Phi) is 6.17. The molecule has 33 heavy (non-hydrogen) atoms. The fraction of sp³-hybridized carbons (Fsp3) is 0.273. The van der Waals surface area contributed by atoms with Gasteiger partial charge in [0, 0.05) is 12.2 Å². The van der Waals surface area contributed by atoms with Gasteiger partial charge in [-0.25, -0.2) is 4.39 Å². The van der Waals surface area contributed by atoms with Crippen LogP contribution in [0.5, 0.6) is 0 Å². The second kappa shape index (κ2) is 8.44. The summed E-state index contributed by atoms with van der Waals surface area (Å²) in [5, 5.41) is 11.3. The highest BCUT2D eigenvalue weighted by Crippen LogP contribution is 2.39. The van der Waals surface area contributed by atoms with Crippen LogP contribution in [0.25, 0.3) is 0 Å². The van der Waals surface area contributed by atoms with Crippen molar-refractivity contribution in [1.82, 2.24) is 5.32 Å². The summed E-state index contributed by atoms with van der Waals surface area (Å²) >= 11 is 5.40. The molecule has 172 valence electrons. The van der Waals surface area contributed by atoms with Gasteiger partial charge in [0.2, 0.25) is 0 Å². The fourth-order valence-electron chi connectivity index (χ4n) is 3.54. The van der Waals surface area contributed by atoms with Crippen LogP contribution in [-0.4, -0.2) is 29.0 Å². The third kappa shape index (κ3) is 4.14. The van der Waals surface area contributed by atoms with Crippen molar-refractivity contribution in [3.05, 3.63) is 58.9 Å². The topological polar surface area (TPSA) is 76.4 Å². The van der Waals surface area contributed by atoms with Crippen molar-refractivity contribution in [2.45, 2.75) is 32.5 Å². The van der Waals surface area contributed by atoms with Gasteiger partial charge in [-0.15, -0.1) is 0 Å². The van der Waals surface area contributed by atoms with E-state index in [0.29, 0.717) is 12.6 Å². The molecule has 1 aliphatic heterocycles. The lowest BCUT2D eigenvalue weighted by Gasteiger charge is -2.29. The molecule has 1 aliphatic rings. The zero-order valence-electron chi connectivity index (χ0n) is 17.7. The molecule has 1 fully saturated rings. The first-order chi connectivity index (χ1) is 15.3. The molecule has 1 heterocycles. The Morgan fingerprint density at radius 3 is 2.36 bits per heavy atom. The molecule has 0 aliphatic carbocycles. The number of benzene rings is 2.